The van der Waals surface area contributed by atoms with E-state index in [9.17, 15) is 0 Å². The molecule has 3 saturated carbocycles. The van der Waals surface area contributed by atoms with Gasteiger partial charge in [-0.2, -0.15) is 0 Å². The lowest BCUT2D eigenvalue weighted by atomic mass is 9.75. The van der Waals surface area contributed by atoms with Gasteiger partial charge in [-0.15, -0.1) is 0 Å². The molecule has 3 aliphatic carbocycles. The second-order valence-corrected chi connectivity index (χ2v) is 18.9. The molecule has 0 amide bonds. The summed E-state index contributed by atoms with van der Waals surface area (Å²) in [6, 6.07) is 36.8. The van der Waals surface area contributed by atoms with E-state index < -0.39 is 7.12 Å². The molecule has 0 atom stereocenters. The molecule has 0 saturated heterocycles. The third-order valence-electron chi connectivity index (χ3n) is 15.1. The van der Waals surface area contributed by atoms with Gasteiger partial charge >= 0.3 is 7.12 Å². The zero-order chi connectivity index (χ0) is 40.0. The Kier molecular flexibility index (Phi) is 13.6. The van der Waals surface area contributed by atoms with Crippen molar-refractivity contribution < 1.29 is 10.0 Å². The van der Waals surface area contributed by atoms with Crippen molar-refractivity contribution in [1.29, 1.82) is 0 Å². The van der Waals surface area contributed by atoms with E-state index in [0.717, 1.165) is 29.6 Å². The first-order valence-electron chi connectivity index (χ1n) is 23.7. The van der Waals surface area contributed by atoms with Crippen LogP contribution in [0.15, 0.2) is 97.1 Å². The van der Waals surface area contributed by atoms with Gasteiger partial charge in [0.1, 0.15) is 0 Å². The highest BCUT2D eigenvalue weighted by Gasteiger charge is 2.25. The van der Waals surface area contributed by atoms with Gasteiger partial charge in [-0.1, -0.05) is 144 Å². The monoisotopic (exact) mass is 773 g/mol. The summed E-state index contributed by atoms with van der Waals surface area (Å²) in [5.74, 6) is 5.02. The fourth-order valence-corrected chi connectivity index (χ4v) is 11.7. The van der Waals surface area contributed by atoms with Crippen LogP contribution in [0.3, 0.4) is 0 Å². The molecule has 2 nitrogen and oxygen atoms in total. The van der Waals surface area contributed by atoms with Gasteiger partial charge in [0.2, 0.25) is 0 Å². The molecule has 0 bridgehead atoms. The Morgan fingerprint density at radius 1 is 0.379 bits per heavy atom. The third-order valence-corrected chi connectivity index (χ3v) is 15.1. The SMILES string of the molecule is CCCC1CCC(c2ccc(B(O)O)cc2)CC1.CCCC1CCC(c2ccc3c(ccc4cc5c(ccc6cc(C7CCC(CCC)CC7)ccc65)cc43)c2)CC1. The predicted molar refractivity (Wildman–Crippen MR) is 252 cm³/mol. The third kappa shape index (κ3) is 9.37. The molecule has 304 valence electrons. The highest BCUT2D eigenvalue weighted by molar-refractivity contribution is 6.58. The highest BCUT2D eigenvalue weighted by atomic mass is 16.4. The fourth-order valence-electron chi connectivity index (χ4n) is 11.7. The maximum atomic E-state index is 9.07. The minimum atomic E-state index is -1.35. The van der Waals surface area contributed by atoms with Crippen LogP contribution in [0.4, 0.5) is 0 Å². The molecule has 3 heteroatoms. The average Bonchev–Trinajstić information content (AvgIpc) is 3.27. The topological polar surface area (TPSA) is 40.5 Å². The largest absolute Gasteiger partial charge is 0.488 e. The van der Waals surface area contributed by atoms with Crippen LogP contribution in [0.5, 0.6) is 0 Å². The number of hydrogen-bond donors (Lipinski definition) is 2. The van der Waals surface area contributed by atoms with Crippen molar-refractivity contribution >= 4 is 55.7 Å². The van der Waals surface area contributed by atoms with Crippen LogP contribution in [-0.4, -0.2) is 17.2 Å². The Hall–Kier alpha value is -3.66. The predicted octanol–water partition coefficient (Wildman–Crippen LogP) is 14.9. The first-order chi connectivity index (χ1) is 28.4. The van der Waals surface area contributed by atoms with Gasteiger partial charge in [0.05, 0.1) is 0 Å². The summed E-state index contributed by atoms with van der Waals surface area (Å²) in [5, 5.41) is 29.3. The van der Waals surface area contributed by atoms with Crippen molar-refractivity contribution in [3.63, 3.8) is 0 Å². The van der Waals surface area contributed by atoms with Crippen molar-refractivity contribution in [2.45, 2.75) is 154 Å². The molecule has 0 aromatic heterocycles. The molecule has 6 aromatic carbocycles. The number of hydrogen-bond acceptors (Lipinski definition) is 2. The lowest BCUT2D eigenvalue weighted by Gasteiger charge is -2.29. The Bertz CT molecular complexity index is 2120. The van der Waals surface area contributed by atoms with E-state index >= 15 is 0 Å². The number of benzene rings is 6. The van der Waals surface area contributed by atoms with Gasteiger partial charge in [-0.25, -0.2) is 0 Å². The summed E-state index contributed by atoms with van der Waals surface area (Å²) >= 11 is 0. The second kappa shape index (κ2) is 19.2. The summed E-state index contributed by atoms with van der Waals surface area (Å²) in [6.07, 6.45) is 24.6. The van der Waals surface area contributed by atoms with E-state index in [-0.39, 0.29) is 0 Å². The molecular weight excluding hydrogens is 703 g/mol. The first kappa shape index (κ1) is 41.1. The van der Waals surface area contributed by atoms with Crippen molar-refractivity contribution in [3.8, 4) is 0 Å². The Balaban J connectivity index is 0.000000219. The van der Waals surface area contributed by atoms with Gasteiger partial charge in [0, 0.05) is 0 Å². The lowest BCUT2D eigenvalue weighted by molar-refractivity contribution is 0.308. The summed E-state index contributed by atoms with van der Waals surface area (Å²) in [4.78, 5) is 0. The van der Waals surface area contributed by atoms with Crippen molar-refractivity contribution in [2.24, 2.45) is 17.8 Å². The zero-order valence-electron chi connectivity index (χ0n) is 35.9. The van der Waals surface area contributed by atoms with Gasteiger partial charge in [0.15, 0.2) is 0 Å². The quantitative estimate of drug-likeness (QED) is 0.0827. The smallest absolute Gasteiger partial charge is 0.423 e. The number of fused-ring (bicyclic) bond motifs is 6. The highest BCUT2D eigenvalue weighted by Crippen LogP contribution is 2.42. The molecule has 0 heterocycles. The molecule has 3 fully saturated rings. The van der Waals surface area contributed by atoms with Crippen LogP contribution in [-0.2, 0) is 0 Å². The molecule has 6 aromatic rings. The Morgan fingerprint density at radius 3 is 1.05 bits per heavy atom. The minimum absolute atomic E-state index is 0.582. The van der Waals surface area contributed by atoms with Crippen LogP contribution in [0.25, 0.3) is 43.1 Å². The van der Waals surface area contributed by atoms with E-state index in [1.54, 1.807) is 11.1 Å². The van der Waals surface area contributed by atoms with Gasteiger partial charge in [-0.3, -0.25) is 0 Å². The summed E-state index contributed by atoms with van der Waals surface area (Å²) in [6.45, 7) is 6.94. The molecule has 2 N–H and O–H groups in total. The van der Waals surface area contributed by atoms with E-state index in [2.05, 4.69) is 106 Å². The van der Waals surface area contributed by atoms with Crippen LogP contribution >= 0.6 is 0 Å². The molecule has 0 aliphatic heterocycles. The molecule has 3 aliphatic rings. The van der Waals surface area contributed by atoms with E-state index in [4.69, 9.17) is 10.0 Å². The van der Waals surface area contributed by atoms with Crippen molar-refractivity contribution in [3.05, 3.63) is 114 Å². The minimum Gasteiger partial charge on any atom is -0.423 e. The van der Waals surface area contributed by atoms with Crippen LogP contribution < -0.4 is 5.46 Å². The lowest BCUT2D eigenvalue weighted by Crippen LogP contribution is -2.29. The molecule has 0 radical (unpaired) electrons. The maximum absolute atomic E-state index is 9.07. The maximum Gasteiger partial charge on any atom is 0.488 e. The Morgan fingerprint density at radius 2 is 0.707 bits per heavy atom. The van der Waals surface area contributed by atoms with Crippen molar-refractivity contribution in [1.82, 2.24) is 0 Å². The van der Waals surface area contributed by atoms with Crippen LogP contribution in [0.1, 0.15) is 171 Å². The number of rotatable bonds is 10. The van der Waals surface area contributed by atoms with E-state index in [1.165, 1.54) is 164 Å². The Labute approximate surface area is 350 Å². The molecular formula is C55H69BO2. The van der Waals surface area contributed by atoms with E-state index in [1.807, 2.05) is 12.1 Å². The second-order valence-electron chi connectivity index (χ2n) is 18.9. The van der Waals surface area contributed by atoms with Crippen LogP contribution in [0, 0.1) is 17.8 Å². The fraction of sp³-hybridized carbons (Fsp3) is 0.491. The van der Waals surface area contributed by atoms with Gasteiger partial charge in [-0.05, 0) is 190 Å². The average molecular weight is 773 g/mol. The summed E-state index contributed by atoms with van der Waals surface area (Å²) in [7, 11) is -1.35. The standard InChI is InChI=1S/C40H46.C15H23BO2/c1-3-5-27-7-11-29(12-8-27)31-19-21-37-33(23-31)15-17-35-26-40-36(25-39(35)37)18-16-34-24-32(20-22-38(34)40)30-13-9-28(6-4-2)10-14-30;1-2-3-12-4-6-13(7-5-12)14-8-10-15(11-9-14)16(17)18/h15-30H,3-14H2,1-2H3;8-13,17-18H,2-7H2,1H3. The molecule has 0 unspecified atom stereocenters. The molecule has 0 spiro atoms. The normalized spacial score (nSPS) is 23.9. The summed E-state index contributed by atoms with van der Waals surface area (Å²) < 4.78 is 0. The van der Waals surface area contributed by atoms with Crippen LogP contribution in [0.2, 0.25) is 0 Å². The molecule has 58 heavy (non-hydrogen) atoms. The van der Waals surface area contributed by atoms with Gasteiger partial charge < -0.3 is 10.0 Å². The molecule has 9 rings (SSSR count). The zero-order valence-corrected chi connectivity index (χ0v) is 35.9. The van der Waals surface area contributed by atoms with E-state index in [0.29, 0.717) is 11.4 Å². The first-order valence-corrected chi connectivity index (χ1v) is 23.7. The van der Waals surface area contributed by atoms with Gasteiger partial charge in [0.25, 0.3) is 0 Å². The summed E-state index contributed by atoms with van der Waals surface area (Å²) in [5.41, 5.74) is 5.05. The van der Waals surface area contributed by atoms with Crippen molar-refractivity contribution in [2.75, 3.05) is 0 Å².